The Labute approximate surface area is 103 Å². The van der Waals surface area contributed by atoms with Crippen molar-refractivity contribution in [3.05, 3.63) is 43.3 Å². The van der Waals surface area contributed by atoms with Crippen molar-refractivity contribution in [3.8, 4) is 0 Å². The number of aliphatic hydroxyl groups excluding tert-OH is 1. The number of hydrogen-bond donors (Lipinski definition) is 1. The van der Waals surface area contributed by atoms with Crippen molar-refractivity contribution in [1.29, 1.82) is 0 Å². The van der Waals surface area contributed by atoms with E-state index < -0.39 is 6.10 Å². The molecule has 1 nitrogen and oxygen atoms in total. The molecule has 0 saturated carbocycles. The van der Waals surface area contributed by atoms with Crippen molar-refractivity contribution in [2.45, 2.75) is 32.3 Å². The minimum atomic E-state index is -0.415. The first-order valence-corrected chi connectivity index (χ1v) is 7.29. The zero-order valence-electron chi connectivity index (χ0n) is 9.19. The highest BCUT2D eigenvalue weighted by Crippen LogP contribution is 2.37. The maximum atomic E-state index is 10.3. The third-order valence-electron chi connectivity index (χ3n) is 3.23. The summed E-state index contributed by atoms with van der Waals surface area (Å²) in [4.78, 5) is 3.83. The van der Waals surface area contributed by atoms with Gasteiger partial charge in [-0.15, -0.1) is 22.7 Å². The van der Waals surface area contributed by atoms with Gasteiger partial charge in [0.25, 0.3) is 0 Å². The number of aliphatic hydroxyl groups is 1. The van der Waals surface area contributed by atoms with Crippen LogP contribution < -0.4 is 0 Å². The smallest absolute Gasteiger partial charge is 0.114 e. The zero-order chi connectivity index (χ0) is 11.1. The second-order valence-corrected chi connectivity index (χ2v) is 6.57. The number of aryl methyl sites for hydroxylation is 3. The standard InChI is InChI=1S/C13H14OS2/c1-8-10(5-6-15-8)13(14)12-7-9-3-2-4-11(9)16-12/h5-7,13-14H,2-4H2,1H3. The quantitative estimate of drug-likeness (QED) is 0.862. The largest absolute Gasteiger partial charge is 0.383 e. The Kier molecular flexibility index (Phi) is 2.62. The molecule has 1 N–H and O–H groups in total. The molecule has 0 aromatic carbocycles. The van der Waals surface area contributed by atoms with Crippen molar-refractivity contribution >= 4 is 22.7 Å². The van der Waals surface area contributed by atoms with Crippen LogP contribution >= 0.6 is 22.7 Å². The molecule has 3 heteroatoms. The highest BCUT2D eigenvalue weighted by molar-refractivity contribution is 7.12. The summed E-state index contributed by atoms with van der Waals surface area (Å²) in [5.41, 5.74) is 2.54. The second-order valence-electron chi connectivity index (χ2n) is 4.29. The van der Waals surface area contributed by atoms with E-state index in [4.69, 9.17) is 0 Å². The van der Waals surface area contributed by atoms with Crippen molar-refractivity contribution in [2.24, 2.45) is 0 Å². The monoisotopic (exact) mass is 250 g/mol. The van der Waals surface area contributed by atoms with Gasteiger partial charge in [-0.3, -0.25) is 0 Å². The van der Waals surface area contributed by atoms with Crippen LogP contribution in [0.25, 0.3) is 0 Å². The van der Waals surface area contributed by atoms with E-state index in [-0.39, 0.29) is 0 Å². The summed E-state index contributed by atoms with van der Waals surface area (Å²) < 4.78 is 0. The number of rotatable bonds is 2. The van der Waals surface area contributed by atoms with Gasteiger partial charge in [-0.05, 0) is 54.8 Å². The van der Waals surface area contributed by atoms with Crippen LogP contribution in [0.2, 0.25) is 0 Å². The molecule has 2 aromatic rings. The highest BCUT2D eigenvalue weighted by Gasteiger charge is 2.21. The summed E-state index contributed by atoms with van der Waals surface area (Å²) in [5.74, 6) is 0. The number of thiophene rings is 2. The Bertz CT molecular complexity index is 488. The molecule has 0 spiro atoms. The summed E-state index contributed by atoms with van der Waals surface area (Å²) in [6, 6.07) is 4.24. The summed E-state index contributed by atoms with van der Waals surface area (Å²) in [6.45, 7) is 2.07. The minimum absolute atomic E-state index is 0.415. The van der Waals surface area contributed by atoms with E-state index in [2.05, 4.69) is 18.4 Å². The van der Waals surface area contributed by atoms with Crippen molar-refractivity contribution in [1.82, 2.24) is 0 Å². The third-order valence-corrected chi connectivity index (χ3v) is 5.38. The fourth-order valence-electron chi connectivity index (χ4n) is 2.32. The average molecular weight is 250 g/mol. The van der Waals surface area contributed by atoms with Gasteiger partial charge in [-0.25, -0.2) is 0 Å². The lowest BCUT2D eigenvalue weighted by molar-refractivity contribution is 0.224. The Hall–Kier alpha value is -0.640. The molecular formula is C13H14OS2. The van der Waals surface area contributed by atoms with Gasteiger partial charge in [0.1, 0.15) is 6.10 Å². The predicted molar refractivity (Wildman–Crippen MR) is 69.5 cm³/mol. The topological polar surface area (TPSA) is 20.2 Å². The van der Waals surface area contributed by atoms with Gasteiger partial charge >= 0.3 is 0 Å². The zero-order valence-corrected chi connectivity index (χ0v) is 10.8. The van der Waals surface area contributed by atoms with E-state index in [1.54, 1.807) is 22.7 Å². The molecule has 3 rings (SSSR count). The summed E-state index contributed by atoms with van der Waals surface area (Å²) in [6.07, 6.45) is 3.27. The van der Waals surface area contributed by atoms with Crippen LogP contribution in [0.15, 0.2) is 17.5 Å². The number of fused-ring (bicyclic) bond motifs is 1. The molecule has 16 heavy (non-hydrogen) atoms. The van der Waals surface area contributed by atoms with Crippen LogP contribution in [0.1, 0.15) is 38.3 Å². The molecule has 0 amide bonds. The van der Waals surface area contributed by atoms with Crippen LogP contribution in [0, 0.1) is 6.92 Å². The van der Waals surface area contributed by atoms with E-state index >= 15 is 0 Å². The lowest BCUT2D eigenvalue weighted by Gasteiger charge is -2.07. The van der Waals surface area contributed by atoms with Gasteiger partial charge in [0.05, 0.1) is 0 Å². The van der Waals surface area contributed by atoms with Crippen LogP contribution in [-0.2, 0) is 12.8 Å². The molecule has 1 atom stereocenters. The van der Waals surface area contributed by atoms with Gasteiger partial charge < -0.3 is 5.11 Å². The number of hydrogen-bond acceptors (Lipinski definition) is 3. The first-order valence-electron chi connectivity index (χ1n) is 5.59. The first kappa shape index (κ1) is 10.5. The van der Waals surface area contributed by atoms with E-state index in [1.165, 1.54) is 34.6 Å². The summed E-state index contributed by atoms with van der Waals surface area (Å²) in [7, 11) is 0. The molecule has 1 aliphatic rings. The molecule has 0 radical (unpaired) electrons. The Morgan fingerprint density at radius 1 is 1.38 bits per heavy atom. The van der Waals surface area contributed by atoms with E-state index in [0.717, 1.165) is 10.4 Å². The molecule has 0 fully saturated rings. The van der Waals surface area contributed by atoms with E-state index in [1.807, 2.05) is 6.07 Å². The van der Waals surface area contributed by atoms with Crippen molar-refractivity contribution in [3.63, 3.8) is 0 Å². The Morgan fingerprint density at radius 3 is 2.94 bits per heavy atom. The normalized spacial score (nSPS) is 16.4. The highest BCUT2D eigenvalue weighted by atomic mass is 32.1. The average Bonchev–Trinajstić information content (AvgIpc) is 2.89. The maximum absolute atomic E-state index is 10.3. The Balaban J connectivity index is 1.95. The SMILES string of the molecule is Cc1sccc1C(O)c1cc2c(s1)CCC2. The molecule has 2 aromatic heterocycles. The lowest BCUT2D eigenvalue weighted by Crippen LogP contribution is -1.96. The van der Waals surface area contributed by atoms with Crippen LogP contribution in [0.5, 0.6) is 0 Å². The Morgan fingerprint density at radius 2 is 2.25 bits per heavy atom. The van der Waals surface area contributed by atoms with E-state index in [9.17, 15) is 5.11 Å². The van der Waals surface area contributed by atoms with Gasteiger partial charge in [-0.1, -0.05) is 0 Å². The van der Waals surface area contributed by atoms with Crippen molar-refractivity contribution < 1.29 is 5.11 Å². The molecule has 1 aliphatic carbocycles. The predicted octanol–water partition coefficient (Wildman–Crippen LogP) is 3.69. The lowest BCUT2D eigenvalue weighted by atomic mass is 10.1. The van der Waals surface area contributed by atoms with Crippen LogP contribution in [0.4, 0.5) is 0 Å². The first-order chi connectivity index (χ1) is 7.75. The fourth-order valence-corrected chi connectivity index (χ4v) is 4.32. The molecule has 2 heterocycles. The van der Waals surface area contributed by atoms with E-state index in [0.29, 0.717) is 0 Å². The van der Waals surface area contributed by atoms with Gasteiger partial charge in [0.2, 0.25) is 0 Å². The molecule has 0 aliphatic heterocycles. The van der Waals surface area contributed by atoms with Gasteiger partial charge in [0.15, 0.2) is 0 Å². The second kappa shape index (κ2) is 3.99. The third kappa shape index (κ3) is 1.63. The summed E-state index contributed by atoms with van der Waals surface area (Å²) in [5, 5.41) is 12.4. The fraction of sp³-hybridized carbons (Fsp3) is 0.385. The maximum Gasteiger partial charge on any atom is 0.114 e. The molecule has 0 bridgehead atoms. The molecule has 84 valence electrons. The van der Waals surface area contributed by atoms with Crippen molar-refractivity contribution in [2.75, 3.05) is 0 Å². The van der Waals surface area contributed by atoms with Gasteiger partial charge in [0, 0.05) is 14.6 Å². The minimum Gasteiger partial charge on any atom is -0.383 e. The molecular weight excluding hydrogens is 236 g/mol. The summed E-state index contributed by atoms with van der Waals surface area (Å²) >= 11 is 3.49. The molecule has 1 unspecified atom stereocenters. The van der Waals surface area contributed by atoms with Gasteiger partial charge in [-0.2, -0.15) is 0 Å². The molecule has 0 saturated heterocycles. The van der Waals surface area contributed by atoms with Crippen LogP contribution in [0.3, 0.4) is 0 Å². The van der Waals surface area contributed by atoms with Crippen LogP contribution in [-0.4, -0.2) is 5.11 Å².